The van der Waals surface area contributed by atoms with E-state index in [2.05, 4.69) is 20.3 Å². The molecule has 2 heterocycles. The van der Waals surface area contributed by atoms with E-state index >= 15 is 0 Å². The molecule has 2 aromatic rings. The Morgan fingerprint density at radius 3 is 2.89 bits per heavy atom. The summed E-state index contributed by atoms with van der Waals surface area (Å²) < 4.78 is 1.51. The van der Waals surface area contributed by atoms with Crippen molar-refractivity contribution in [1.82, 2.24) is 25.0 Å². The number of aliphatic hydroxyl groups excluding tert-OH is 2. The Balaban J connectivity index is 2.04. The first-order valence-corrected chi connectivity index (χ1v) is 5.99. The molecule has 1 aliphatic carbocycles. The second kappa shape index (κ2) is 4.37. The van der Waals surface area contributed by atoms with Gasteiger partial charge in [0.05, 0.1) is 12.1 Å². The van der Waals surface area contributed by atoms with Crippen LogP contribution in [0.2, 0.25) is 0 Å². The van der Waals surface area contributed by atoms with E-state index < -0.39 is 12.1 Å². The van der Waals surface area contributed by atoms with Crippen LogP contribution in [0.4, 0.5) is 5.82 Å². The number of nitrogens with zero attached hydrogens (tertiary/aromatic N) is 5. The highest BCUT2D eigenvalue weighted by Gasteiger charge is 2.42. The number of aromatic nitrogens is 5. The third-order valence-electron chi connectivity index (χ3n) is 3.72. The Hall–Kier alpha value is -1.84. The average Bonchev–Trinajstić information content (AvgIpc) is 2.94. The first kappa shape index (κ1) is 12.2. The summed E-state index contributed by atoms with van der Waals surface area (Å²) in [5, 5.41) is 27.3. The van der Waals surface area contributed by atoms with Gasteiger partial charge in [-0.3, -0.25) is 0 Å². The molecular formula is C10H15N7O2. The molecule has 0 radical (unpaired) electrons. The maximum absolute atomic E-state index is 10.2. The molecule has 0 bridgehead atoms. The normalized spacial score (nSPS) is 31.1. The summed E-state index contributed by atoms with van der Waals surface area (Å²) in [4.78, 5) is 7.93. The van der Waals surface area contributed by atoms with Gasteiger partial charge in [-0.15, -0.1) is 5.10 Å². The van der Waals surface area contributed by atoms with E-state index in [1.54, 1.807) is 0 Å². The van der Waals surface area contributed by atoms with Crippen molar-refractivity contribution in [2.24, 2.45) is 11.7 Å². The van der Waals surface area contributed by atoms with Crippen LogP contribution in [0, 0.1) is 5.92 Å². The molecule has 6 N–H and O–H groups in total. The first-order valence-electron chi connectivity index (χ1n) is 5.99. The molecule has 9 heteroatoms. The second-order valence-corrected chi connectivity index (χ2v) is 4.78. The number of hydrogen-bond acceptors (Lipinski definition) is 8. The van der Waals surface area contributed by atoms with Gasteiger partial charge in [0.1, 0.15) is 6.33 Å². The monoisotopic (exact) mass is 265 g/mol. The van der Waals surface area contributed by atoms with Crippen LogP contribution in [-0.4, -0.2) is 53.9 Å². The summed E-state index contributed by atoms with van der Waals surface area (Å²) in [6.07, 6.45) is 1.03. The molecule has 1 aliphatic rings. The van der Waals surface area contributed by atoms with Crippen molar-refractivity contribution >= 4 is 17.0 Å². The zero-order valence-electron chi connectivity index (χ0n) is 10.1. The molecule has 3 rings (SSSR count). The van der Waals surface area contributed by atoms with Crippen molar-refractivity contribution in [3.63, 3.8) is 0 Å². The van der Waals surface area contributed by atoms with Crippen molar-refractivity contribution < 1.29 is 10.2 Å². The molecule has 19 heavy (non-hydrogen) atoms. The van der Waals surface area contributed by atoms with Crippen LogP contribution in [0.25, 0.3) is 11.2 Å². The number of nitrogen functional groups attached to an aromatic ring is 1. The molecule has 0 spiro atoms. The van der Waals surface area contributed by atoms with Crippen LogP contribution < -0.4 is 11.5 Å². The van der Waals surface area contributed by atoms with Gasteiger partial charge in [-0.1, -0.05) is 5.21 Å². The van der Waals surface area contributed by atoms with Crippen LogP contribution in [0.1, 0.15) is 12.5 Å². The Bertz CT molecular complexity index is 601. The topological polar surface area (TPSA) is 149 Å². The van der Waals surface area contributed by atoms with Crippen molar-refractivity contribution in [2.45, 2.75) is 24.6 Å². The van der Waals surface area contributed by atoms with Crippen molar-refractivity contribution in [3.05, 3.63) is 6.33 Å². The second-order valence-electron chi connectivity index (χ2n) is 4.78. The highest BCUT2D eigenvalue weighted by Crippen LogP contribution is 2.35. The minimum atomic E-state index is -0.807. The summed E-state index contributed by atoms with van der Waals surface area (Å²) in [5.74, 6) is 0.0742. The third kappa shape index (κ3) is 1.74. The van der Waals surface area contributed by atoms with Crippen LogP contribution in [0.3, 0.4) is 0 Å². The fourth-order valence-electron chi connectivity index (χ4n) is 2.59. The predicted octanol–water partition coefficient (Wildman–Crippen LogP) is -1.95. The Labute approximate surface area is 108 Å². The van der Waals surface area contributed by atoms with Crippen LogP contribution in [-0.2, 0) is 0 Å². The number of hydrogen-bond donors (Lipinski definition) is 4. The smallest absolute Gasteiger partial charge is 0.184 e. The van der Waals surface area contributed by atoms with Crippen molar-refractivity contribution in [2.75, 3.05) is 12.3 Å². The third-order valence-corrected chi connectivity index (χ3v) is 3.72. The predicted molar refractivity (Wildman–Crippen MR) is 65.7 cm³/mol. The summed E-state index contributed by atoms with van der Waals surface area (Å²) >= 11 is 0. The summed E-state index contributed by atoms with van der Waals surface area (Å²) in [6.45, 7) is -0.0710. The van der Waals surface area contributed by atoms with Crippen molar-refractivity contribution in [3.8, 4) is 0 Å². The average molecular weight is 265 g/mol. The molecule has 102 valence electrons. The lowest BCUT2D eigenvalue weighted by atomic mass is 10.1. The largest absolute Gasteiger partial charge is 0.396 e. The Morgan fingerprint density at radius 2 is 2.21 bits per heavy atom. The molecule has 0 aliphatic heterocycles. The van der Waals surface area contributed by atoms with E-state index in [0.717, 1.165) is 0 Å². The Morgan fingerprint density at radius 1 is 1.42 bits per heavy atom. The van der Waals surface area contributed by atoms with E-state index in [1.807, 2.05) is 0 Å². The van der Waals surface area contributed by atoms with Crippen LogP contribution >= 0.6 is 0 Å². The van der Waals surface area contributed by atoms with Gasteiger partial charge in [0.2, 0.25) is 0 Å². The molecule has 0 aromatic carbocycles. The first-order chi connectivity index (χ1) is 9.13. The van der Waals surface area contributed by atoms with E-state index in [0.29, 0.717) is 17.6 Å². The lowest BCUT2D eigenvalue weighted by molar-refractivity contribution is 0.109. The summed E-state index contributed by atoms with van der Waals surface area (Å²) in [5.41, 5.74) is 12.4. The van der Waals surface area contributed by atoms with Gasteiger partial charge in [0.15, 0.2) is 17.0 Å². The van der Waals surface area contributed by atoms with Crippen molar-refractivity contribution in [1.29, 1.82) is 0 Å². The zero-order chi connectivity index (χ0) is 13.6. The SMILES string of the molecule is Nc1ncnc2c1nnn2C1CC(CO)C(N)C1O. The number of rotatable bonds is 2. The standard InChI is InChI=1S/C10H15N7O2/c11-6-4(2-18)1-5(8(6)19)17-10-7(15-16-17)9(12)13-3-14-10/h3-6,8,18-19H,1-2,11H2,(H2,12,13,14). The number of fused-ring (bicyclic) bond motifs is 1. The molecule has 0 saturated heterocycles. The molecule has 2 aromatic heterocycles. The number of aliphatic hydroxyl groups is 2. The van der Waals surface area contributed by atoms with E-state index in [1.165, 1.54) is 11.0 Å². The van der Waals surface area contributed by atoms with Gasteiger partial charge < -0.3 is 21.7 Å². The fraction of sp³-hybridized carbons (Fsp3) is 0.600. The molecule has 0 amide bonds. The van der Waals surface area contributed by atoms with Gasteiger partial charge in [-0.05, 0) is 6.42 Å². The van der Waals surface area contributed by atoms with E-state index in [4.69, 9.17) is 11.5 Å². The lowest BCUT2D eigenvalue weighted by Crippen LogP contribution is -2.38. The summed E-state index contributed by atoms with van der Waals surface area (Å²) in [6, 6.07) is -0.861. The lowest BCUT2D eigenvalue weighted by Gasteiger charge is -2.17. The van der Waals surface area contributed by atoms with Gasteiger partial charge in [-0.2, -0.15) is 0 Å². The maximum Gasteiger partial charge on any atom is 0.184 e. The molecule has 1 saturated carbocycles. The van der Waals surface area contributed by atoms with Crippen LogP contribution in [0.15, 0.2) is 6.33 Å². The summed E-state index contributed by atoms with van der Waals surface area (Å²) in [7, 11) is 0. The Kier molecular flexibility index (Phi) is 2.81. The highest BCUT2D eigenvalue weighted by molar-refractivity contribution is 5.80. The molecule has 1 fully saturated rings. The molecule has 4 atom stereocenters. The molecular weight excluding hydrogens is 250 g/mol. The molecule has 9 nitrogen and oxygen atoms in total. The zero-order valence-corrected chi connectivity index (χ0v) is 10.1. The minimum absolute atomic E-state index is 0.0710. The molecule has 4 unspecified atom stereocenters. The number of nitrogens with two attached hydrogens (primary N) is 2. The van der Waals surface area contributed by atoms with Gasteiger partial charge in [-0.25, -0.2) is 14.6 Å². The van der Waals surface area contributed by atoms with E-state index in [9.17, 15) is 10.2 Å². The quantitative estimate of drug-likeness (QED) is 0.489. The van der Waals surface area contributed by atoms with E-state index in [-0.39, 0.29) is 24.4 Å². The number of anilines is 1. The van der Waals surface area contributed by atoms with Gasteiger partial charge in [0.25, 0.3) is 0 Å². The van der Waals surface area contributed by atoms with Crippen LogP contribution in [0.5, 0.6) is 0 Å². The maximum atomic E-state index is 10.2. The highest BCUT2D eigenvalue weighted by atomic mass is 16.3. The minimum Gasteiger partial charge on any atom is -0.396 e. The van der Waals surface area contributed by atoms with Gasteiger partial charge in [0, 0.05) is 18.6 Å². The van der Waals surface area contributed by atoms with Gasteiger partial charge >= 0.3 is 0 Å². The fourth-order valence-corrected chi connectivity index (χ4v) is 2.59.